The van der Waals surface area contributed by atoms with Crippen LogP contribution in [0.1, 0.15) is 117 Å². The molecule has 0 aliphatic rings. The van der Waals surface area contributed by atoms with E-state index in [-0.39, 0.29) is 6.54 Å². The van der Waals surface area contributed by atoms with Gasteiger partial charge in [-0.2, -0.15) is 0 Å². The molecule has 0 saturated heterocycles. The van der Waals surface area contributed by atoms with Crippen LogP contribution in [0, 0.1) is 0 Å². The van der Waals surface area contributed by atoms with Crippen LogP contribution < -0.4 is 0 Å². The zero-order valence-corrected chi connectivity index (χ0v) is 19.5. The summed E-state index contributed by atoms with van der Waals surface area (Å²) in [5.41, 5.74) is -0.740. The van der Waals surface area contributed by atoms with Gasteiger partial charge in [-0.25, -0.2) is 4.79 Å². The molecule has 0 radical (unpaired) electrons. The fraction of sp³-hybridized carbons (Fsp3) is 0.958. The van der Waals surface area contributed by atoms with Crippen molar-refractivity contribution in [2.24, 2.45) is 0 Å². The van der Waals surface area contributed by atoms with Crippen molar-refractivity contribution in [3.8, 4) is 0 Å². The summed E-state index contributed by atoms with van der Waals surface area (Å²) in [6.45, 7) is 4.84. The maximum Gasteiger partial charge on any atom is 0.359 e. The van der Waals surface area contributed by atoms with Crippen molar-refractivity contribution in [1.82, 2.24) is 0 Å². The van der Waals surface area contributed by atoms with E-state index in [0.29, 0.717) is 17.4 Å². The minimum Gasteiger partial charge on any atom is -0.477 e. The standard InChI is InChI=1S/C24H49NO3/c1-5-7-8-9-10-11-12-13-14-15-16-17-18-19-20-24(28,6-2)22-25(3,4)21-23(26)27/h28H,5-22H2,1-4H3/p+1. The molecular weight excluding hydrogens is 350 g/mol. The number of aliphatic hydroxyl groups is 1. The number of aliphatic carboxylic acids is 1. The van der Waals surface area contributed by atoms with Gasteiger partial charge in [-0.3, -0.25) is 0 Å². The topological polar surface area (TPSA) is 57.5 Å². The minimum absolute atomic E-state index is 0.0566. The predicted octanol–water partition coefficient (Wildman–Crippen LogP) is 6.16. The molecule has 0 spiro atoms. The Morgan fingerprint density at radius 2 is 1.14 bits per heavy atom. The van der Waals surface area contributed by atoms with Gasteiger partial charge in [-0.05, 0) is 12.8 Å². The van der Waals surface area contributed by atoms with Crippen LogP contribution in [-0.2, 0) is 4.79 Å². The average Bonchev–Trinajstić information content (AvgIpc) is 2.60. The second kappa shape index (κ2) is 16.2. The van der Waals surface area contributed by atoms with Gasteiger partial charge in [0.05, 0.1) is 14.1 Å². The normalized spacial score (nSPS) is 14.2. The molecule has 0 fully saturated rings. The van der Waals surface area contributed by atoms with Crippen molar-refractivity contribution in [2.45, 2.75) is 122 Å². The van der Waals surface area contributed by atoms with Crippen molar-refractivity contribution >= 4 is 5.97 Å². The molecule has 0 bridgehead atoms. The van der Waals surface area contributed by atoms with Crippen molar-refractivity contribution in [3.63, 3.8) is 0 Å². The number of carboxylic acids is 1. The van der Waals surface area contributed by atoms with E-state index in [1.54, 1.807) is 0 Å². The number of likely N-dealkylation sites (N-methyl/N-ethyl adjacent to an activating group) is 1. The molecule has 0 aliphatic heterocycles. The Hall–Kier alpha value is -0.610. The lowest BCUT2D eigenvalue weighted by atomic mass is 9.91. The molecule has 0 heterocycles. The van der Waals surface area contributed by atoms with Gasteiger partial charge < -0.3 is 14.7 Å². The second-order valence-electron chi connectivity index (χ2n) is 9.57. The molecule has 2 N–H and O–H groups in total. The zero-order valence-electron chi connectivity index (χ0n) is 19.5. The lowest BCUT2D eigenvalue weighted by molar-refractivity contribution is -0.889. The highest BCUT2D eigenvalue weighted by Crippen LogP contribution is 2.23. The van der Waals surface area contributed by atoms with E-state index in [1.165, 1.54) is 83.5 Å². The molecule has 4 nitrogen and oxygen atoms in total. The van der Waals surface area contributed by atoms with Crippen LogP contribution in [0.25, 0.3) is 0 Å². The Morgan fingerprint density at radius 3 is 1.50 bits per heavy atom. The zero-order chi connectivity index (χ0) is 21.3. The summed E-state index contributed by atoms with van der Waals surface area (Å²) in [7, 11) is 3.78. The number of hydrogen-bond acceptors (Lipinski definition) is 2. The fourth-order valence-electron chi connectivity index (χ4n) is 4.24. The molecule has 0 aliphatic carbocycles. The van der Waals surface area contributed by atoms with Crippen LogP contribution in [-0.4, -0.2) is 53.5 Å². The van der Waals surface area contributed by atoms with E-state index in [9.17, 15) is 9.90 Å². The smallest absolute Gasteiger partial charge is 0.359 e. The number of hydrogen-bond donors (Lipinski definition) is 2. The number of unbranched alkanes of at least 4 members (excludes halogenated alkanes) is 13. The van der Waals surface area contributed by atoms with Crippen LogP contribution in [0.5, 0.6) is 0 Å². The predicted molar refractivity (Wildman–Crippen MR) is 120 cm³/mol. The highest BCUT2D eigenvalue weighted by Gasteiger charge is 2.34. The summed E-state index contributed by atoms with van der Waals surface area (Å²) >= 11 is 0. The summed E-state index contributed by atoms with van der Waals surface area (Å²) < 4.78 is 0.332. The van der Waals surface area contributed by atoms with Crippen molar-refractivity contribution in [3.05, 3.63) is 0 Å². The number of quaternary nitrogens is 1. The Bertz CT molecular complexity index is 384. The monoisotopic (exact) mass is 400 g/mol. The molecule has 1 unspecified atom stereocenters. The fourth-order valence-corrected chi connectivity index (χ4v) is 4.24. The van der Waals surface area contributed by atoms with Gasteiger partial charge >= 0.3 is 5.97 Å². The molecule has 0 aromatic carbocycles. The molecule has 0 rings (SSSR count). The molecule has 168 valence electrons. The van der Waals surface area contributed by atoms with Gasteiger partial charge in [0.2, 0.25) is 0 Å². The van der Waals surface area contributed by atoms with Gasteiger partial charge in [-0.1, -0.05) is 104 Å². The average molecular weight is 401 g/mol. The minimum atomic E-state index is -0.806. The largest absolute Gasteiger partial charge is 0.477 e. The van der Waals surface area contributed by atoms with Crippen LogP contribution in [0.2, 0.25) is 0 Å². The molecule has 1 atom stereocenters. The first kappa shape index (κ1) is 27.4. The first-order valence-corrected chi connectivity index (χ1v) is 12.0. The first-order valence-electron chi connectivity index (χ1n) is 12.0. The van der Waals surface area contributed by atoms with Crippen LogP contribution in [0.15, 0.2) is 0 Å². The molecule has 28 heavy (non-hydrogen) atoms. The van der Waals surface area contributed by atoms with Crippen LogP contribution in [0.4, 0.5) is 0 Å². The lowest BCUT2D eigenvalue weighted by Crippen LogP contribution is -2.53. The summed E-state index contributed by atoms with van der Waals surface area (Å²) in [5, 5.41) is 19.9. The number of carboxylic acid groups (broad SMARTS) is 1. The Morgan fingerprint density at radius 1 is 0.750 bits per heavy atom. The molecular formula is C24H50NO3+. The van der Waals surface area contributed by atoms with Gasteiger partial charge in [0.1, 0.15) is 12.1 Å². The SMILES string of the molecule is CCCCCCCCCCCCCCCCC(O)(CC)C[N+](C)(C)CC(=O)O. The van der Waals surface area contributed by atoms with E-state index in [0.717, 1.165) is 12.8 Å². The van der Waals surface area contributed by atoms with Gasteiger partial charge in [-0.15, -0.1) is 0 Å². The third kappa shape index (κ3) is 16.4. The summed E-state index contributed by atoms with van der Waals surface area (Å²) in [5.74, 6) is -0.806. The Kier molecular flexibility index (Phi) is 15.9. The van der Waals surface area contributed by atoms with Crippen molar-refractivity contribution in [1.29, 1.82) is 0 Å². The van der Waals surface area contributed by atoms with Gasteiger partial charge in [0.25, 0.3) is 0 Å². The number of rotatable bonds is 20. The molecule has 4 heteroatoms. The Labute approximate surface area is 175 Å². The maximum atomic E-state index is 11.0. The van der Waals surface area contributed by atoms with E-state index in [4.69, 9.17) is 5.11 Å². The summed E-state index contributed by atoms with van der Waals surface area (Å²) in [4.78, 5) is 11.0. The lowest BCUT2D eigenvalue weighted by Gasteiger charge is -2.37. The first-order chi connectivity index (χ1) is 13.2. The summed E-state index contributed by atoms with van der Waals surface area (Å²) in [6, 6.07) is 0. The van der Waals surface area contributed by atoms with Gasteiger partial charge in [0.15, 0.2) is 6.54 Å². The Balaban J connectivity index is 3.65. The highest BCUT2D eigenvalue weighted by molar-refractivity contribution is 5.67. The molecule has 0 amide bonds. The van der Waals surface area contributed by atoms with E-state index >= 15 is 0 Å². The van der Waals surface area contributed by atoms with E-state index < -0.39 is 11.6 Å². The molecule has 0 aromatic rings. The third-order valence-corrected chi connectivity index (χ3v) is 5.94. The van der Waals surface area contributed by atoms with Gasteiger partial charge in [0, 0.05) is 0 Å². The number of carbonyl (C=O) groups is 1. The van der Waals surface area contributed by atoms with Crippen molar-refractivity contribution in [2.75, 3.05) is 27.2 Å². The van der Waals surface area contributed by atoms with Crippen molar-refractivity contribution < 1.29 is 19.5 Å². The third-order valence-electron chi connectivity index (χ3n) is 5.94. The van der Waals surface area contributed by atoms with E-state index in [1.807, 2.05) is 21.0 Å². The van der Waals surface area contributed by atoms with Crippen LogP contribution in [0.3, 0.4) is 0 Å². The summed E-state index contributed by atoms with van der Waals surface area (Å²) in [6.07, 6.45) is 20.1. The number of nitrogens with zero attached hydrogens (tertiary/aromatic N) is 1. The highest BCUT2D eigenvalue weighted by atomic mass is 16.4. The molecule has 0 saturated carbocycles. The maximum absolute atomic E-state index is 11.0. The second-order valence-corrected chi connectivity index (χ2v) is 9.57. The van der Waals surface area contributed by atoms with Crippen LogP contribution >= 0.6 is 0 Å². The van der Waals surface area contributed by atoms with E-state index in [2.05, 4.69) is 6.92 Å². The quantitative estimate of drug-likeness (QED) is 0.190. The molecule has 0 aromatic heterocycles.